The summed E-state index contributed by atoms with van der Waals surface area (Å²) in [7, 11) is 0.776. The Morgan fingerprint density at radius 1 is 1.11 bits per heavy atom. The van der Waals surface area contributed by atoms with Crippen LogP contribution in [0.3, 0.4) is 0 Å². The van der Waals surface area contributed by atoms with Crippen LogP contribution >= 0.6 is 0 Å². The van der Waals surface area contributed by atoms with E-state index >= 15 is 0 Å². The Bertz CT molecular complexity index is 730. The molecular formula is C20H31FN2O3S. The number of hydrogen-bond donors (Lipinski definition) is 1. The van der Waals surface area contributed by atoms with Crippen LogP contribution in [0.5, 0.6) is 0 Å². The Kier molecular flexibility index (Phi) is 6.25. The zero-order valence-electron chi connectivity index (χ0n) is 16.3. The lowest BCUT2D eigenvalue weighted by Gasteiger charge is -2.40. The number of aliphatic hydroxyl groups is 1. The minimum atomic E-state index is -3.21. The lowest BCUT2D eigenvalue weighted by molar-refractivity contribution is 0.0619. The monoisotopic (exact) mass is 398 g/mol. The molecule has 27 heavy (non-hydrogen) atoms. The van der Waals surface area contributed by atoms with E-state index in [9.17, 15) is 17.9 Å². The molecule has 0 amide bonds. The van der Waals surface area contributed by atoms with Gasteiger partial charge in [-0.25, -0.2) is 12.8 Å². The average molecular weight is 399 g/mol. The molecule has 1 saturated carbocycles. The molecule has 2 aliphatic rings. The molecule has 3 rings (SSSR count). The van der Waals surface area contributed by atoms with Gasteiger partial charge < -0.3 is 10.0 Å². The summed E-state index contributed by atoms with van der Waals surface area (Å²) in [5, 5.41) is 10.4. The van der Waals surface area contributed by atoms with Gasteiger partial charge in [-0.05, 0) is 44.6 Å². The number of hydrogen-bond acceptors (Lipinski definition) is 5. The van der Waals surface area contributed by atoms with E-state index in [2.05, 4.69) is 9.80 Å². The summed E-state index contributed by atoms with van der Waals surface area (Å²) in [5.41, 5.74) is 1.01. The highest BCUT2D eigenvalue weighted by atomic mass is 32.2. The molecule has 0 aromatic heterocycles. The lowest BCUT2D eigenvalue weighted by Crippen LogP contribution is -2.51. The van der Waals surface area contributed by atoms with Crippen molar-refractivity contribution in [2.45, 2.75) is 43.2 Å². The predicted octanol–water partition coefficient (Wildman–Crippen LogP) is 1.66. The molecular weight excluding hydrogens is 367 g/mol. The van der Waals surface area contributed by atoms with Gasteiger partial charge in [-0.3, -0.25) is 4.90 Å². The van der Waals surface area contributed by atoms with E-state index in [0.717, 1.165) is 37.8 Å². The highest BCUT2D eigenvalue weighted by Crippen LogP contribution is 2.42. The van der Waals surface area contributed by atoms with Gasteiger partial charge in [-0.2, -0.15) is 0 Å². The Morgan fingerprint density at radius 3 is 2.26 bits per heavy atom. The third-order valence-electron chi connectivity index (χ3n) is 6.12. The molecule has 0 spiro atoms. The minimum absolute atomic E-state index is 0.0150. The van der Waals surface area contributed by atoms with Gasteiger partial charge in [-0.1, -0.05) is 25.0 Å². The first-order valence-corrected chi connectivity index (χ1v) is 11.6. The van der Waals surface area contributed by atoms with Gasteiger partial charge in [0, 0.05) is 25.0 Å². The third kappa shape index (κ3) is 4.88. The zero-order chi connectivity index (χ0) is 19.7. The summed E-state index contributed by atoms with van der Waals surface area (Å²) >= 11 is 0. The first-order chi connectivity index (χ1) is 12.7. The Labute approximate surface area is 162 Å². The minimum Gasteiger partial charge on any atom is -0.390 e. The van der Waals surface area contributed by atoms with Gasteiger partial charge >= 0.3 is 0 Å². The third-order valence-corrected chi connectivity index (χ3v) is 7.82. The summed E-state index contributed by atoms with van der Waals surface area (Å²) in [6.45, 7) is 2.19. The largest absolute Gasteiger partial charge is 0.390 e. The van der Waals surface area contributed by atoms with Crippen LogP contribution in [-0.4, -0.2) is 80.7 Å². The Hall–Kier alpha value is -1.02. The average Bonchev–Trinajstić information content (AvgIpc) is 3.16. The lowest BCUT2D eigenvalue weighted by atomic mass is 9.78. The van der Waals surface area contributed by atoms with Crippen LogP contribution in [0, 0.1) is 5.82 Å². The van der Waals surface area contributed by atoms with Gasteiger partial charge in [0.15, 0.2) is 9.84 Å². The van der Waals surface area contributed by atoms with Crippen molar-refractivity contribution in [2.75, 3.05) is 45.2 Å². The van der Waals surface area contributed by atoms with Gasteiger partial charge in [-0.15, -0.1) is 0 Å². The summed E-state index contributed by atoms with van der Waals surface area (Å²) < 4.78 is 37.6. The second-order valence-electron chi connectivity index (χ2n) is 8.48. The maximum absolute atomic E-state index is 13.4. The first kappa shape index (κ1) is 20.7. The number of likely N-dealkylation sites (N-methyl/N-ethyl adjacent to an activating group) is 1. The van der Waals surface area contributed by atoms with Crippen molar-refractivity contribution in [2.24, 2.45) is 0 Å². The Morgan fingerprint density at radius 2 is 1.74 bits per heavy atom. The van der Waals surface area contributed by atoms with Gasteiger partial charge in [0.25, 0.3) is 0 Å². The SMILES string of the molecule is CN(C)CCN(CC1(c2ccc(F)cc2)CCCC1)[C@H]1CS(=O)(=O)C[C@H]1O. The molecule has 0 bridgehead atoms. The number of sulfone groups is 1. The summed E-state index contributed by atoms with van der Waals surface area (Å²) in [4.78, 5) is 4.24. The zero-order valence-corrected chi connectivity index (χ0v) is 17.1. The molecule has 1 aromatic rings. The maximum atomic E-state index is 13.4. The van der Waals surface area contributed by atoms with Crippen molar-refractivity contribution in [1.29, 1.82) is 0 Å². The molecule has 1 heterocycles. The molecule has 152 valence electrons. The van der Waals surface area contributed by atoms with Crippen molar-refractivity contribution in [3.63, 3.8) is 0 Å². The number of halogens is 1. The van der Waals surface area contributed by atoms with Crippen LogP contribution in [-0.2, 0) is 15.3 Å². The summed E-state index contributed by atoms with van der Waals surface area (Å²) in [6.07, 6.45) is 3.40. The predicted molar refractivity (Wildman–Crippen MR) is 105 cm³/mol. The summed E-state index contributed by atoms with van der Waals surface area (Å²) in [6, 6.07) is 6.38. The topological polar surface area (TPSA) is 60.9 Å². The first-order valence-electron chi connectivity index (χ1n) is 9.74. The van der Waals surface area contributed by atoms with E-state index in [1.165, 1.54) is 12.1 Å². The highest BCUT2D eigenvalue weighted by Gasteiger charge is 2.44. The van der Waals surface area contributed by atoms with Crippen molar-refractivity contribution in [1.82, 2.24) is 9.80 Å². The van der Waals surface area contributed by atoms with Crippen LogP contribution in [0.25, 0.3) is 0 Å². The fourth-order valence-electron chi connectivity index (χ4n) is 4.63. The highest BCUT2D eigenvalue weighted by molar-refractivity contribution is 7.91. The fraction of sp³-hybridized carbons (Fsp3) is 0.700. The number of rotatable bonds is 7. The van der Waals surface area contributed by atoms with Gasteiger partial charge in [0.1, 0.15) is 5.82 Å². The molecule has 7 heteroatoms. The van der Waals surface area contributed by atoms with Crippen LogP contribution in [0.2, 0.25) is 0 Å². The Balaban J connectivity index is 1.87. The van der Waals surface area contributed by atoms with Crippen LogP contribution in [0.4, 0.5) is 4.39 Å². The second-order valence-corrected chi connectivity index (χ2v) is 10.6. The van der Waals surface area contributed by atoms with Crippen molar-refractivity contribution < 1.29 is 17.9 Å². The van der Waals surface area contributed by atoms with Crippen LogP contribution in [0.15, 0.2) is 24.3 Å². The normalized spacial score (nSPS) is 26.9. The van der Waals surface area contributed by atoms with Crippen molar-refractivity contribution >= 4 is 9.84 Å². The molecule has 1 aromatic carbocycles. The fourth-order valence-corrected chi connectivity index (χ4v) is 6.46. The van der Waals surface area contributed by atoms with E-state index in [1.807, 2.05) is 26.2 Å². The molecule has 1 saturated heterocycles. The standard InChI is InChI=1S/C20H31FN2O3S/c1-22(2)11-12-23(18-13-27(25,26)14-19(18)24)15-20(9-3-4-10-20)16-5-7-17(21)8-6-16/h5-8,18-19,24H,3-4,9-15H2,1-2H3/t18-,19+/m0/s1. The van der Waals surface area contributed by atoms with E-state index < -0.39 is 15.9 Å². The maximum Gasteiger partial charge on any atom is 0.154 e. The quantitative estimate of drug-likeness (QED) is 0.757. The van der Waals surface area contributed by atoms with Gasteiger partial charge in [0.2, 0.25) is 0 Å². The molecule has 1 aliphatic heterocycles. The number of aliphatic hydroxyl groups excluding tert-OH is 1. The van der Waals surface area contributed by atoms with Crippen LogP contribution in [0.1, 0.15) is 31.2 Å². The number of benzene rings is 1. The smallest absolute Gasteiger partial charge is 0.154 e. The number of nitrogens with zero attached hydrogens (tertiary/aromatic N) is 2. The molecule has 5 nitrogen and oxygen atoms in total. The van der Waals surface area contributed by atoms with Crippen molar-refractivity contribution in [3.05, 3.63) is 35.6 Å². The van der Waals surface area contributed by atoms with E-state index in [0.29, 0.717) is 13.1 Å². The second kappa shape index (κ2) is 8.15. The molecule has 0 unspecified atom stereocenters. The molecule has 1 N–H and O–H groups in total. The van der Waals surface area contributed by atoms with Crippen molar-refractivity contribution in [3.8, 4) is 0 Å². The summed E-state index contributed by atoms with van der Waals surface area (Å²) in [5.74, 6) is -0.380. The van der Waals surface area contributed by atoms with E-state index in [4.69, 9.17) is 0 Å². The molecule has 2 fully saturated rings. The molecule has 1 aliphatic carbocycles. The van der Waals surface area contributed by atoms with Gasteiger partial charge in [0.05, 0.1) is 23.7 Å². The molecule has 0 radical (unpaired) electrons. The molecule has 2 atom stereocenters. The van der Waals surface area contributed by atoms with Crippen LogP contribution < -0.4 is 0 Å². The van der Waals surface area contributed by atoms with E-state index in [-0.39, 0.29) is 28.8 Å². The van der Waals surface area contributed by atoms with E-state index in [1.54, 1.807) is 0 Å².